The largest absolute Gasteiger partial charge is 0.462 e. The minimum absolute atomic E-state index is 0. The van der Waals surface area contributed by atoms with Gasteiger partial charge in [-0.15, -0.1) is 17.5 Å². The maximum absolute atomic E-state index is 12.5. The summed E-state index contributed by atoms with van der Waals surface area (Å²) in [7, 11) is 0. The van der Waals surface area contributed by atoms with Gasteiger partial charge in [-0.25, -0.2) is 4.68 Å². The maximum Gasteiger partial charge on any atom is 0.261 e. The van der Waals surface area contributed by atoms with E-state index < -0.39 is 0 Å². The van der Waals surface area contributed by atoms with E-state index in [-0.39, 0.29) is 83.2 Å². The molecular formula is C37H48ClCmCoN5O6. The summed E-state index contributed by atoms with van der Waals surface area (Å²) in [5.74, 6) is 0.568. The molecule has 0 saturated heterocycles. The van der Waals surface area contributed by atoms with Crippen LogP contribution in [0.1, 0.15) is 84.9 Å². The molecule has 2 heterocycles. The van der Waals surface area contributed by atoms with E-state index in [1.54, 1.807) is 54.7 Å². The Morgan fingerprint density at radius 1 is 0.784 bits per heavy atom. The number of carbonyl (C=O) groups is 4. The first-order chi connectivity index (χ1) is 21.5. The number of halogens is 1. The third-order valence-corrected chi connectivity index (χ3v) is 6.97. The predicted molar refractivity (Wildman–Crippen MR) is 194 cm³/mol. The summed E-state index contributed by atoms with van der Waals surface area (Å²) in [6.45, 7) is 0.879. The standard InChI is InChI=1S/C33H31N5O6.4CH4.ClH.Cm.Co/c39-23-25-10-14-28(15-11-25)44-20-19-43-27-12-8-24(9-13-27)16-17-34-31(40)22-37-21-26(35-36-37)5-3-4-18-38-32(41)29-6-1-2-7-30(29)33(38)42;;;;;;;/h1-2,6-15,19-21,23H,3-5,16-18,22H2,(H,34,40);4*1H4;1H;;. The van der Waals surface area contributed by atoms with Gasteiger partial charge < -0.3 is 14.8 Å². The minimum Gasteiger partial charge on any atom is -0.462 e. The molecule has 1 aromatic heterocycles. The number of hydrogen-bond donors (Lipinski definition) is 1. The van der Waals surface area contributed by atoms with Crippen LogP contribution in [0, 0.1) is 0 Å². The molecule has 0 unspecified atom stereocenters. The van der Waals surface area contributed by atoms with E-state index in [0.717, 1.165) is 24.0 Å². The van der Waals surface area contributed by atoms with Gasteiger partial charge in [0.2, 0.25) is 5.91 Å². The van der Waals surface area contributed by atoms with Crippen molar-refractivity contribution in [2.45, 2.75) is 61.9 Å². The zero-order valence-electron chi connectivity index (χ0n) is 25.0. The maximum atomic E-state index is 12.5. The van der Waals surface area contributed by atoms with Gasteiger partial charge in [0.25, 0.3) is 11.8 Å². The van der Waals surface area contributed by atoms with Gasteiger partial charge in [-0.3, -0.25) is 24.1 Å². The van der Waals surface area contributed by atoms with Crippen molar-refractivity contribution in [3.8, 4) is 11.5 Å². The van der Waals surface area contributed by atoms with Crippen molar-refractivity contribution in [3.05, 3.63) is 119 Å². The molecule has 14 heteroatoms. The van der Waals surface area contributed by atoms with Crippen LogP contribution < -0.4 is 14.8 Å². The molecule has 1 N–H and O–H groups in total. The van der Waals surface area contributed by atoms with Crippen molar-refractivity contribution in [3.63, 3.8) is 0 Å². The summed E-state index contributed by atoms with van der Waals surface area (Å²) in [6.07, 6.45) is 8.01. The van der Waals surface area contributed by atoms with Crippen LogP contribution in [0.5, 0.6) is 11.5 Å². The molecule has 281 valence electrons. The van der Waals surface area contributed by atoms with Crippen LogP contribution in [0.2, 0.25) is 0 Å². The Balaban J connectivity index is -0.00000329. The molecular weight excluding hydrogens is 952 g/mol. The number of carbonyl (C=O) groups excluding carboxylic acids is 4. The number of nitrogens with zero attached hydrogens (tertiary/aromatic N) is 4. The topological polar surface area (TPSA) is 133 Å². The molecule has 1 radical (unpaired) electrons. The third kappa shape index (κ3) is 13.6. The number of nitrogens with one attached hydrogen (secondary N) is 1. The fourth-order valence-electron chi connectivity index (χ4n) is 4.67. The smallest absolute Gasteiger partial charge is 0.261 e. The molecule has 0 bridgehead atoms. The fourth-order valence-corrected chi connectivity index (χ4v) is 4.67. The Labute approximate surface area is 312 Å². The summed E-state index contributed by atoms with van der Waals surface area (Å²) < 4.78 is 12.5. The molecule has 0 aliphatic carbocycles. The zero-order valence-corrected chi connectivity index (χ0v) is 29.8. The summed E-state index contributed by atoms with van der Waals surface area (Å²) in [6, 6.07) is 21.1. The number of aryl methyl sites for hydroxylation is 1. The molecule has 51 heavy (non-hydrogen) atoms. The molecule has 4 aromatic rings. The first-order valence-corrected chi connectivity index (χ1v) is 14.2. The average molecular weight is 1000 g/mol. The molecule has 0 fully saturated rings. The summed E-state index contributed by atoms with van der Waals surface area (Å²) >= 11 is 0. The van der Waals surface area contributed by atoms with Crippen molar-refractivity contribution in [2.75, 3.05) is 13.1 Å². The van der Waals surface area contributed by atoms with Gasteiger partial charge in [0.1, 0.15) is 36.9 Å². The SMILES string of the molecule is C.C.C.C.Cl.O=Cc1ccc(OC=COc2ccc(CCNC(=O)Cn3cc(CCCCN4C(=O)c5ccccc5C4=O)nn3)cc2)cc1.[Cm].[Co]. The van der Waals surface area contributed by atoms with Crippen LogP contribution in [0.4, 0.5) is 0 Å². The van der Waals surface area contributed by atoms with Crippen LogP contribution in [0.3, 0.4) is 0 Å². The third-order valence-electron chi connectivity index (χ3n) is 6.97. The number of hydrogen-bond acceptors (Lipinski definition) is 8. The number of unbranched alkanes of at least 4 members (excludes halogenated alkanes) is 1. The molecule has 3 amide bonds. The van der Waals surface area contributed by atoms with Gasteiger partial charge >= 0.3 is 0 Å². The van der Waals surface area contributed by atoms with Crippen LogP contribution in [0.15, 0.2) is 91.5 Å². The number of amides is 3. The number of benzene rings is 3. The van der Waals surface area contributed by atoms with Crippen molar-refractivity contribution in [1.82, 2.24) is 25.2 Å². The van der Waals surface area contributed by atoms with Gasteiger partial charge in [-0.05, 0) is 79.8 Å². The van der Waals surface area contributed by atoms with Crippen LogP contribution in [0.25, 0.3) is 0 Å². The molecule has 3 aromatic carbocycles. The quantitative estimate of drug-likeness (QED) is 0.0586. The van der Waals surface area contributed by atoms with Crippen LogP contribution >= 0.6 is 12.4 Å². The Bertz CT molecular complexity index is 1630. The second kappa shape index (κ2) is 24.4. The molecule has 0 spiro atoms. The molecule has 11 nitrogen and oxygen atoms in total. The van der Waals surface area contributed by atoms with Crippen molar-refractivity contribution < 1.29 is 45.4 Å². The van der Waals surface area contributed by atoms with E-state index in [9.17, 15) is 19.2 Å². The first kappa shape index (κ1) is 49.6. The number of fused-ring (bicyclic) bond motifs is 1. The number of aldehydes is 1. The molecule has 1 aliphatic rings. The number of imide groups is 1. The Kier molecular flexibility index (Phi) is 23.7. The number of ether oxygens (including phenoxy) is 2. The van der Waals surface area contributed by atoms with E-state index in [1.165, 1.54) is 22.1 Å². The van der Waals surface area contributed by atoms with Crippen molar-refractivity contribution in [2.24, 2.45) is 0 Å². The molecule has 0 saturated carbocycles. The summed E-state index contributed by atoms with van der Waals surface area (Å²) in [5.41, 5.74) is 3.28. The summed E-state index contributed by atoms with van der Waals surface area (Å²) in [5, 5.41) is 11.1. The van der Waals surface area contributed by atoms with Crippen LogP contribution in [-0.4, -0.2) is 57.0 Å². The van der Waals surface area contributed by atoms with E-state index in [4.69, 9.17) is 9.47 Å². The van der Waals surface area contributed by atoms with Gasteiger partial charge in [0, 0.05) is 41.6 Å². The zero-order chi connectivity index (χ0) is 30.7. The predicted octanol–water partition coefficient (Wildman–Crippen LogP) is 6.96. The minimum atomic E-state index is -0.246. The second-order valence-electron chi connectivity index (χ2n) is 10.1. The summed E-state index contributed by atoms with van der Waals surface area (Å²) in [4.78, 5) is 49.3. The molecule has 1 aliphatic heterocycles. The normalized spacial score (nSPS) is 10.7. The second-order valence-corrected chi connectivity index (χ2v) is 10.1. The van der Waals surface area contributed by atoms with Gasteiger partial charge in [0.05, 0.1) is 16.8 Å². The molecule has 0 atom stereocenters. The monoisotopic (exact) mass is 995 g/mol. The van der Waals surface area contributed by atoms with E-state index in [0.29, 0.717) is 60.5 Å². The van der Waals surface area contributed by atoms with Crippen molar-refractivity contribution in [1.29, 1.82) is 0 Å². The van der Waals surface area contributed by atoms with Gasteiger partial charge in [-0.1, -0.05) is 59.2 Å². The van der Waals surface area contributed by atoms with Gasteiger partial charge in [-0.2, -0.15) is 0 Å². The van der Waals surface area contributed by atoms with E-state index in [1.807, 2.05) is 24.3 Å². The Morgan fingerprint density at radius 2 is 1.33 bits per heavy atom. The van der Waals surface area contributed by atoms with E-state index >= 15 is 0 Å². The number of rotatable bonds is 15. The van der Waals surface area contributed by atoms with Crippen LogP contribution in [-0.2, 0) is 41.0 Å². The fraction of sp³-hybridized carbons (Fsp3) is 0.297. The number of aromatic nitrogens is 3. The molecule has 5 rings (SSSR count). The van der Waals surface area contributed by atoms with E-state index in [2.05, 4.69) is 15.6 Å². The van der Waals surface area contributed by atoms with Crippen molar-refractivity contribution >= 4 is 36.4 Å². The Morgan fingerprint density at radius 3 is 1.88 bits per heavy atom. The van der Waals surface area contributed by atoms with Gasteiger partial charge in [0.15, 0.2) is 0 Å². The first-order valence-electron chi connectivity index (χ1n) is 14.2. The Hall–Kier alpha value is -5.78. The average Bonchev–Trinajstić information content (AvgIpc) is 3.59.